The van der Waals surface area contributed by atoms with Crippen LogP contribution in [0.3, 0.4) is 0 Å². The van der Waals surface area contributed by atoms with E-state index in [1.54, 1.807) is 29.4 Å². The highest BCUT2D eigenvalue weighted by molar-refractivity contribution is 6.07. The van der Waals surface area contributed by atoms with E-state index in [-0.39, 0.29) is 42.4 Å². The molecule has 8 nitrogen and oxygen atoms in total. The summed E-state index contributed by atoms with van der Waals surface area (Å²) in [5.41, 5.74) is -0.671. The van der Waals surface area contributed by atoms with Crippen molar-refractivity contribution in [2.45, 2.75) is 43.7 Å². The zero-order chi connectivity index (χ0) is 25.3. The Labute approximate surface area is 207 Å². The van der Waals surface area contributed by atoms with Crippen LogP contribution in [0, 0.1) is 17.6 Å². The number of benzene rings is 1. The quantitative estimate of drug-likeness (QED) is 0.619. The molecule has 36 heavy (non-hydrogen) atoms. The van der Waals surface area contributed by atoms with Crippen LogP contribution in [0.25, 0.3) is 0 Å². The number of ether oxygens (including phenoxy) is 1. The summed E-state index contributed by atoms with van der Waals surface area (Å²) in [6.45, 7) is 1.48. The van der Waals surface area contributed by atoms with Gasteiger partial charge in [-0.3, -0.25) is 19.5 Å². The molecule has 3 aliphatic rings. The van der Waals surface area contributed by atoms with E-state index in [4.69, 9.17) is 4.74 Å². The Hall–Kier alpha value is -3.40. The molecule has 5 rings (SSSR count). The van der Waals surface area contributed by atoms with Gasteiger partial charge in [-0.15, -0.1) is 0 Å². The summed E-state index contributed by atoms with van der Waals surface area (Å²) in [7, 11) is 0. The number of hydrogen-bond acceptors (Lipinski definition) is 5. The molecule has 10 heteroatoms. The maximum Gasteiger partial charge on any atom is 0.325 e. The first kappa shape index (κ1) is 24.3. The van der Waals surface area contributed by atoms with Gasteiger partial charge >= 0.3 is 6.03 Å². The SMILES string of the molecule is O=C(Cc1cccc(F)c1F)N1CCC(C2(c3cccnc3)NC(=O)N(CC3CCCO3)C2=O)CC1. The van der Waals surface area contributed by atoms with Crippen molar-refractivity contribution in [1.82, 2.24) is 20.1 Å². The topological polar surface area (TPSA) is 91.8 Å². The fraction of sp³-hybridized carbons (Fsp3) is 0.462. The summed E-state index contributed by atoms with van der Waals surface area (Å²) in [5.74, 6) is -2.91. The molecule has 3 fully saturated rings. The number of urea groups is 1. The molecular weight excluding hydrogens is 470 g/mol. The number of halogens is 2. The average molecular weight is 499 g/mol. The van der Waals surface area contributed by atoms with Crippen LogP contribution in [0.15, 0.2) is 42.7 Å². The Morgan fingerprint density at radius 2 is 1.94 bits per heavy atom. The predicted molar refractivity (Wildman–Crippen MR) is 124 cm³/mol. The van der Waals surface area contributed by atoms with Gasteiger partial charge in [-0.1, -0.05) is 18.2 Å². The van der Waals surface area contributed by atoms with E-state index >= 15 is 0 Å². The maximum absolute atomic E-state index is 14.1. The first-order valence-electron chi connectivity index (χ1n) is 12.3. The van der Waals surface area contributed by atoms with Gasteiger partial charge < -0.3 is 15.0 Å². The largest absolute Gasteiger partial charge is 0.376 e. The number of imide groups is 1. The Balaban J connectivity index is 1.33. The van der Waals surface area contributed by atoms with Gasteiger partial charge in [0.15, 0.2) is 17.2 Å². The summed E-state index contributed by atoms with van der Waals surface area (Å²) in [6, 6.07) is 6.84. The highest BCUT2D eigenvalue weighted by Crippen LogP contribution is 2.41. The lowest BCUT2D eigenvalue weighted by molar-refractivity contribution is -0.137. The molecule has 1 aromatic heterocycles. The molecule has 0 bridgehead atoms. The van der Waals surface area contributed by atoms with Crippen LogP contribution in [0.1, 0.15) is 36.8 Å². The van der Waals surface area contributed by atoms with Gasteiger partial charge in [0.2, 0.25) is 5.91 Å². The van der Waals surface area contributed by atoms with Gasteiger partial charge in [0.05, 0.1) is 19.1 Å². The van der Waals surface area contributed by atoms with Gasteiger partial charge in [0.1, 0.15) is 0 Å². The highest BCUT2D eigenvalue weighted by Gasteiger charge is 2.57. The molecule has 0 saturated carbocycles. The van der Waals surface area contributed by atoms with Crippen molar-refractivity contribution in [2.75, 3.05) is 26.2 Å². The Morgan fingerprint density at radius 3 is 2.64 bits per heavy atom. The number of rotatable bonds is 6. The van der Waals surface area contributed by atoms with E-state index in [0.717, 1.165) is 18.9 Å². The molecule has 2 atom stereocenters. The number of pyridine rings is 1. The van der Waals surface area contributed by atoms with Crippen molar-refractivity contribution in [3.63, 3.8) is 0 Å². The normalized spacial score (nSPS) is 24.9. The zero-order valence-electron chi connectivity index (χ0n) is 19.8. The molecule has 1 N–H and O–H groups in total. The van der Waals surface area contributed by atoms with Gasteiger partial charge in [-0.25, -0.2) is 13.6 Å². The fourth-order valence-electron chi connectivity index (χ4n) is 5.58. The van der Waals surface area contributed by atoms with Crippen molar-refractivity contribution in [2.24, 2.45) is 5.92 Å². The van der Waals surface area contributed by atoms with Crippen LogP contribution in [-0.4, -0.2) is 65.0 Å². The number of amides is 4. The monoisotopic (exact) mass is 498 g/mol. The second-order valence-electron chi connectivity index (χ2n) is 9.58. The van der Waals surface area contributed by atoms with Crippen LogP contribution in [0.4, 0.5) is 13.6 Å². The summed E-state index contributed by atoms with van der Waals surface area (Å²) >= 11 is 0. The Morgan fingerprint density at radius 1 is 1.14 bits per heavy atom. The van der Waals surface area contributed by atoms with Gasteiger partial charge in [-0.2, -0.15) is 0 Å². The van der Waals surface area contributed by atoms with E-state index in [2.05, 4.69) is 10.3 Å². The van der Waals surface area contributed by atoms with Crippen molar-refractivity contribution >= 4 is 17.8 Å². The number of carbonyl (C=O) groups excluding carboxylic acids is 3. The number of piperidine rings is 1. The van der Waals surface area contributed by atoms with E-state index in [9.17, 15) is 23.2 Å². The zero-order valence-corrected chi connectivity index (χ0v) is 19.8. The number of nitrogens with zero attached hydrogens (tertiary/aromatic N) is 3. The minimum Gasteiger partial charge on any atom is -0.376 e. The van der Waals surface area contributed by atoms with Gasteiger partial charge in [0, 0.05) is 43.2 Å². The summed E-state index contributed by atoms with van der Waals surface area (Å²) in [6.07, 6.45) is 5.38. The number of aromatic nitrogens is 1. The lowest BCUT2D eigenvalue weighted by Crippen LogP contribution is -2.54. The van der Waals surface area contributed by atoms with E-state index in [1.165, 1.54) is 17.0 Å². The van der Waals surface area contributed by atoms with Crippen LogP contribution >= 0.6 is 0 Å². The Kier molecular flexibility index (Phi) is 6.70. The maximum atomic E-state index is 14.1. The molecule has 1 aromatic carbocycles. The van der Waals surface area contributed by atoms with Crippen LogP contribution in [-0.2, 0) is 26.3 Å². The third-order valence-corrected chi connectivity index (χ3v) is 7.49. The molecule has 4 amide bonds. The lowest BCUT2D eigenvalue weighted by atomic mass is 9.73. The number of nitrogens with one attached hydrogen (secondary N) is 1. The average Bonchev–Trinajstić information content (AvgIpc) is 3.50. The number of carbonyl (C=O) groups is 3. The molecule has 0 spiro atoms. The molecule has 3 saturated heterocycles. The lowest BCUT2D eigenvalue weighted by Gasteiger charge is -2.41. The molecule has 4 heterocycles. The molecule has 3 aliphatic heterocycles. The predicted octanol–water partition coefficient (Wildman–Crippen LogP) is 2.77. The number of likely N-dealkylation sites (tertiary alicyclic amines) is 1. The van der Waals surface area contributed by atoms with Crippen LogP contribution < -0.4 is 5.32 Å². The van der Waals surface area contributed by atoms with Gasteiger partial charge in [0.25, 0.3) is 5.91 Å². The van der Waals surface area contributed by atoms with E-state index < -0.39 is 23.2 Å². The molecule has 190 valence electrons. The van der Waals surface area contributed by atoms with Crippen molar-refractivity contribution < 1.29 is 27.9 Å². The van der Waals surface area contributed by atoms with Crippen LogP contribution in [0.2, 0.25) is 0 Å². The highest BCUT2D eigenvalue weighted by atomic mass is 19.2. The second-order valence-corrected chi connectivity index (χ2v) is 9.58. The minimum absolute atomic E-state index is 0.0111. The molecular formula is C26H28F2N4O4. The van der Waals surface area contributed by atoms with Crippen molar-refractivity contribution in [3.05, 3.63) is 65.5 Å². The first-order valence-corrected chi connectivity index (χ1v) is 12.3. The van der Waals surface area contributed by atoms with Crippen molar-refractivity contribution in [1.29, 1.82) is 0 Å². The standard InChI is InChI=1S/C26H28F2N4O4/c27-21-7-1-4-17(23(21)28)14-22(33)31-11-8-18(9-12-31)26(19-5-2-10-29-15-19)24(34)32(25(35)30-26)16-20-6-3-13-36-20/h1-2,4-5,7,10,15,18,20H,3,6,8-9,11-14,16H2,(H,30,35). The molecule has 2 unspecified atom stereocenters. The fourth-order valence-corrected chi connectivity index (χ4v) is 5.58. The molecule has 0 radical (unpaired) electrons. The van der Waals surface area contributed by atoms with Crippen molar-refractivity contribution in [3.8, 4) is 0 Å². The summed E-state index contributed by atoms with van der Waals surface area (Å²) in [5, 5.41) is 2.97. The second kappa shape index (κ2) is 9.93. The molecule has 0 aliphatic carbocycles. The van der Waals surface area contributed by atoms with Gasteiger partial charge in [-0.05, 0) is 43.7 Å². The third-order valence-electron chi connectivity index (χ3n) is 7.49. The molecule has 2 aromatic rings. The summed E-state index contributed by atoms with van der Waals surface area (Å²) < 4.78 is 33.3. The number of hydrogen-bond donors (Lipinski definition) is 1. The Bertz CT molecular complexity index is 1150. The third kappa shape index (κ3) is 4.34. The van der Waals surface area contributed by atoms with Crippen LogP contribution in [0.5, 0.6) is 0 Å². The van der Waals surface area contributed by atoms with E-state index in [1.807, 2.05) is 0 Å². The smallest absolute Gasteiger partial charge is 0.325 e. The minimum atomic E-state index is -1.28. The van der Waals surface area contributed by atoms with E-state index in [0.29, 0.717) is 38.1 Å². The summed E-state index contributed by atoms with van der Waals surface area (Å²) in [4.78, 5) is 46.7. The first-order chi connectivity index (χ1) is 17.4.